The van der Waals surface area contributed by atoms with Gasteiger partial charge in [-0.2, -0.15) is 0 Å². The van der Waals surface area contributed by atoms with E-state index in [9.17, 15) is 4.79 Å². The van der Waals surface area contributed by atoms with Crippen molar-refractivity contribution in [1.29, 1.82) is 0 Å². The summed E-state index contributed by atoms with van der Waals surface area (Å²) in [6, 6.07) is 20.1. The lowest BCUT2D eigenvalue weighted by molar-refractivity contribution is 0.0984. The Morgan fingerprint density at radius 2 is 1.85 bits per heavy atom. The van der Waals surface area contributed by atoms with Crippen molar-refractivity contribution in [3.8, 4) is 0 Å². The summed E-state index contributed by atoms with van der Waals surface area (Å²) in [5.74, 6) is 0.833. The molecule has 0 saturated carbocycles. The number of nitrogens with zero attached hydrogens (tertiary/aromatic N) is 3. The average molecular weight is 357 g/mol. The quantitative estimate of drug-likeness (QED) is 0.679. The molecule has 1 aliphatic rings. The molecule has 1 amide bonds. The van der Waals surface area contributed by atoms with E-state index in [4.69, 9.17) is 0 Å². The number of pyridine rings is 1. The Kier molecular flexibility index (Phi) is 4.63. The molecule has 0 atom stereocenters. The van der Waals surface area contributed by atoms with E-state index in [0.29, 0.717) is 5.56 Å². The zero-order chi connectivity index (χ0) is 18.8. The first-order chi connectivity index (χ1) is 13.1. The maximum Gasteiger partial charge on any atom is 0.259 e. The Balaban J connectivity index is 1.59. The molecule has 2 heterocycles. The van der Waals surface area contributed by atoms with Crippen molar-refractivity contribution in [3.63, 3.8) is 0 Å². The predicted octanol–water partition coefficient (Wildman–Crippen LogP) is 4.75. The molecule has 4 nitrogen and oxygen atoms in total. The van der Waals surface area contributed by atoms with E-state index in [0.717, 1.165) is 42.1 Å². The zero-order valence-electron chi connectivity index (χ0n) is 15.7. The molecule has 1 aliphatic heterocycles. The number of carbonyl (C=O) groups excluding carboxylic acids is 1. The summed E-state index contributed by atoms with van der Waals surface area (Å²) in [7, 11) is 1.98. The van der Waals surface area contributed by atoms with Crippen LogP contribution in [0.2, 0.25) is 0 Å². The van der Waals surface area contributed by atoms with E-state index in [-0.39, 0.29) is 5.91 Å². The van der Waals surface area contributed by atoms with Crippen molar-refractivity contribution in [1.82, 2.24) is 4.98 Å². The maximum absolute atomic E-state index is 13.1. The van der Waals surface area contributed by atoms with E-state index < -0.39 is 0 Å². The Morgan fingerprint density at radius 1 is 1.04 bits per heavy atom. The molecule has 3 aromatic rings. The van der Waals surface area contributed by atoms with Gasteiger partial charge in [-0.1, -0.05) is 36.4 Å². The van der Waals surface area contributed by atoms with Crippen LogP contribution >= 0.6 is 0 Å². The van der Waals surface area contributed by atoms with E-state index in [2.05, 4.69) is 30.1 Å². The first-order valence-electron chi connectivity index (χ1n) is 9.30. The normalized spacial score (nSPS) is 13.2. The zero-order valence-corrected chi connectivity index (χ0v) is 15.7. The lowest BCUT2D eigenvalue weighted by atomic mass is 9.97. The molecule has 0 radical (unpaired) electrons. The second kappa shape index (κ2) is 7.23. The molecule has 0 spiro atoms. The fourth-order valence-electron chi connectivity index (χ4n) is 3.70. The van der Waals surface area contributed by atoms with Gasteiger partial charge >= 0.3 is 0 Å². The van der Waals surface area contributed by atoms with Crippen LogP contribution < -0.4 is 9.80 Å². The third-order valence-corrected chi connectivity index (χ3v) is 5.15. The van der Waals surface area contributed by atoms with Crippen LogP contribution in [0.25, 0.3) is 0 Å². The number of benzene rings is 2. The molecule has 4 rings (SSSR count). The van der Waals surface area contributed by atoms with Crippen LogP contribution in [-0.2, 0) is 6.42 Å². The third kappa shape index (κ3) is 3.31. The van der Waals surface area contributed by atoms with Gasteiger partial charge in [0.15, 0.2) is 0 Å². The van der Waals surface area contributed by atoms with Gasteiger partial charge in [-0.25, -0.2) is 4.98 Å². The second-order valence-corrected chi connectivity index (χ2v) is 6.94. The van der Waals surface area contributed by atoms with Gasteiger partial charge in [-0.15, -0.1) is 0 Å². The number of hydrogen-bond acceptors (Lipinski definition) is 3. The van der Waals surface area contributed by atoms with Crippen molar-refractivity contribution in [3.05, 3.63) is 83.6 Å². The molecule has 0 saturated heterocycles. The van der Waals surface area contributed by atoms with Crippen LogP contribution in [0.15, 0.2) is 66.9 Å². The highest BCUT2D eigenvalue weighted by Gasteiger charge is 2.25. The van der Waals surface area contributed by atoms with Crippen molar-refractivity contribution in [2.75, 3.05) is 23.4 Å². The van der Waals surface area contributed by atoms with E-state index >= 15 is 0 Å². The van der Waals surface area contributed by atoms with Gasteiger partial charge in [-0.3, -0.25) is 4.79 Å². The summed E-state index contributed by atoms with van der Waals surface area (Å²) in [5.41, 5.74) is 5.15. The summed E-state index contributed by atoms with van der Waals surface area (Å²) >= 11 is 0. The van der Waals surface area contributed by atoms with Gasteiger partial charge in [0, 0.05) is 25.5 Å². The Morgan fingerprint density at radius 3 is 2.59 bits per heavy atom. The number of anilines is 3. The number of aryl methyl sites for hydroxylation is 2. The van der Waals surface area contributed by atoms with E-state index in [1.807, 2.05) is 59.3 Å². The Labute approximate surface area is 160 Å². The van der Waals surface area contributed by atoms with Gasteiger partial charge in [0.05, 0.1) is 11.3 Å². The van der Waals surface area contributed by atoms with Crippen LogP contribution in [-0.4, -0.2) is 24.5 Å². The van der Waals surface area contributed by atoms with Crippen molar-refractivity contribution in [2.24, 2.45) is 0 Å². The minimum atomic E-state index is 0.0201. The van der Waals surface area contributed by atoms with Gasteiger partial charge in [0.1, 0.15) is 5.82 Å². The Hall–Kier alpha value is -3.14. The van der Waals surface area contributed by atoms with Crippen LogP contribution in [0.5, 0.6) is 0 Å². The van der Waals surface area contributed by atoms with E-state index in [1.165, 1.54) is 5.56 Å². The molecule has 2 aromatic carbocycles. The van der Waals surface area contributed by atoms with Crippen LogP contribution in [0.1, 0.15) is 27.9 Å². The summed E-state index contributed by atoms with van der Waals surface area (Å²) < 4.78 is 0. The molecule has 4 heteroatoms. The Bertz CT molecular complexity index is 951. The number of para-hydroxylation sites is 2. The van der Waals surface area contributed by atoms with Crippen molar-refractivity contribution in [2.45, 2.75) is 19.8 Å². The highest BCUT2D eigenvalue weighted by molar-refractivity contribution is 6.07. The molecule has 27 heavy (non-hydrogen) atoms. The van der Waals surface area contributed by atoms with Gasteiger partial charge < -0.3 is 9.80 Å². The molecule has 0 bridgehead atoms. The molecule has 136 valence electrons. The average Bonchev–Trinajstić information content (AvgIpc) is 2.73. The minimum Gasteiger partial charge on any atom is -0.329 e. The van der Waals surface area contributed by atoms with Gasteiger partial charge in [-0.05, 0) is 55.2 Å². The van der Waals surface area contributed by atoms with Crippen LogP contribution in [0.4, 0.5) is 17.2 Å². The van der Waals surface area contributed by atoms with Gasteiger partial charge in [0.25, 0.3) is 5.91 Å². The second-order valence-electron chi connectivity index (χ2n) is 6.94. The molecule has 0 fully saturated rings. The van der Waals surface area contributed by atoms with E-state index in [1.54, 1.807) is 6.20 Å². The summed E-state index contributed by atoms with van der Waals surface area (Å²) in [6.07, 6.45) is 3.70. The fraction of sp³-hybridized carbons (Fsp3) is 0.217. The van der Waals surface area contributed by atoms with Crippen LogP contribution in [0.3, 0.4) is 0 Å². The maximum atomic E-state index is 13.1. The number of amides is 1. The summed E-state index contributed by atoms with van der Waals surface area (Å²) in [4.78, 5) is 21.6. The lowest BCUT2D eigenvalue weighted by Crippen LogP contribution is -2.36. The topological polar surface area (TPSA) is 36.4 Å². The minimum absolute atomic E-state index is 0.0201. The smallest absolute Gasteiger partial charge is 0.259 e. The third-order valence-electron chi connectivity index (χ3n) is 5.15. The van der Waals surface area contributed by atoms with Crippen molar-refractivity contribution >= 4 is 23.1 Å². The first kappa shape index (κ1) is 17.3. The number of fused-ring (bicyclic) bond motifs is 1. The number of rotatable bonds is 3. The highest BCUT2D eigenvalue weighted by Crippen LogP contribution is 2.31. The largest absolute Gasteiger partial charge is 0.329 e. The number of carbonyl (C=O) groups is 1. The number of aromatic nitrogens is 1. The van der Waals surface area contributed by atoms with Gasteiger partial charge in [0.2, 0.25) is 0 Å². The lowest BCUT2D eigenvalue weighted by Gasteiger charge is -2.31. The van der Waals surface area contributed by atoms with Crippen molar-refractivity contribution < 1.29 is 4.79 Å². The molecule has 0 aliphatic carbocycles. The van der Waals surface area contributed by atoms with Crippen LogP contribution in [0, 0.1) is 6.92 Å². The highest BCUT2D eigenvalue weighted by atomic mass is 16.2. The molecule has 0 unspecified atom stereocenters. The summed E-state index contributed by atoms with van der Waals surface area (Å²) in [6.45, 7) is 2.82. The molecule has 1 aromatic heterocycles. The molecular weight excluding hydrogens is 334 g/mol. The molecule has 0 N–H and O–H groups in total. The first-order valence-corrected chi connectivity index (χ1v) is 9.30. The standard InChI is InChI=1S/C23H23N3O/c1-17-8-6-9-18-10-7-15-26(22(17)18)23(27)19-13-14-21(24-16-19)25(2)20-11-4-3-5-12-20/h3-6,8-9,11-14,16H,7,10,15H2,1-2H3. The fourth-order valence-corrected chi connectivity index (χ4v) is 3.70. The predicted molar refractivity (Wildman–Crippen MR) is 110 cm³/mol. The monoisotopic (exact) mass is 357 g/mol. The molecular formula is C23H23N3O. The summed E-state index contributed by atoms with van der Waals surface area (Å²) in [5, 5.41) is 0. The SMILES string of the molecule is Cc1cccc2c1N(C(=O)c1ccc(N(C)c3ccccc3)nc1)CCC2. The number of hydrogen-bond donors (Lipinski definition) is 0.